The molecule has 0 amide bonds. The van der Waals surface area contributed by atoms with E-state index in [1.165, 1.54) is 5.56 Å². The predicted molar refractivity (Wildman–Crippen MR) is 85.5 cm³/mol. The Balaban J connectivity index is 2.68. The smallest absolute Gasteiger partial charge is 0.0949 e. The van der Waals surface area contributed by atoms with Crippen LogP contribution in [0.3, 0.4) is 0 Å². The van der Waals surface area contributed by atoms with Crippen LogP contribution in [-0.4, -0.2) is 18.7 Å². The Morgan fingerprint density at radius 2 is 2.05 bits per heavy atom. The van der Waals surface area contributed by atoms with Crippen LogP contribution in [0.4, 0.5) is 0 Å². The van der Waals surface area contributed by atoms with Gasteiger partial charge < -0.3 is 10.1 Å². The number of rotatable bonds is 7. The molecular weight excluding hydrogens is 302 g/mol. The maximum absolute atomic E-state index is 6.04. The first kappa shape index (κ1) is 16.7. The van der Waals surface area contributed by atoms with Gasteiger partial charge in [-0.25, -0.2) is 0 Å². The second kappa shape index (κ2) is 8.03. The molecule has 0 spiro atoms. The third-order valence-corrected chi connectivity index (χ3v) is 3.35. The lowest BCUT2D eigenvalue weighted by molar-refractivity contribution is 0.0464. The minimum absolute atomic E-state index is 0.110. The van der Waals surface area contributed by atoms with Gasteiger partial charge in [-0.1, -0.05) is 41.4 Å². The summed E-state index contributed by atoms with van der Waals surface area (Å²) in [5, 5.41) is 3.53. The summed E-state index contributed by atoms with van der Waals surface area (Å²) in [5.74, 6) is 0. The highest BCUT2D eigenvalue weighted by Crippen LogP contribution is 2.22. The van der Waals surface area contributed by atoms with E-state index in [1.807, 2.05) is 6.07 Å². The fourth-order valence-electron chi connectivity index (χ4n) is 1.75. The van der Waals surface area contributed by atoms with Gasteiger partial charge in [0.05, 0.1) is 6.10 Å². The van der Waals surface area contributed by atoms with Crippen LogP contribution in [-0.2, 0) is 4.74 Å². The first-order chi connectivity index (χ1) is 8.92. The molecule has 3 heteroatoms. The zero-order valence-corrected chi connectivity index (χ0v) is 14.1. The molecule has 0 saturated carbocycles. The Morgan fingerprint density at radius 1 is 1.32 bits per heavy atom. The second-order valence-electron chi connectivity index (χ2n) is 5.90. The third kappa shape index (κ3) is 7.09. The van der Waals surface area contributed by atoms with E-state index in [-0.39, 0.29) is 11.6 Å². The van der Waals surface area contributed by atoms with Gasteiger partial charge in [-0.05, 0) is 44.9 Å². The quantitative estimate of drug-likeness (QED) is 0.733. The first-order valence-electron chi connectivity index (χ1n) is 7.04. The zero-order chi connectivity index (χ0) is 14.3. The van der Waals surface area contributed by atoms with Crippen LogP contribution in [0, 0.1) is 0 Å². The van der Waals surface area contributed by atoms with E-state index in [4.69, 9.17) is 4.74 Å². The SMILES string of the molecule is CCCCOC(CNC(C)(C)C)c1cccc(Br)c1. The number of hydrogen-bond donors (Lipinski definition) is 1. The summed E-state index contributed by atoms with van der Waals surface area (Å²) in [6, 6.07) is 8.38. The molecule has 0 radical (unpaired) electrons. The lowest BCUT2D eigenvalue weighted by atomic mass is 10.1. The molecule has 2 nitrogen and oxygen atoms in total. The van der Waals surface area contributed by atoms with Crippen molar-refractivity contribution in [2.45, 2.75) is 52.2 Å². The standard InChI is InChI=1S/C16H26BrNO/c1-5-6-10-19-15(12-18-16(2,3)4)13-8-7-9-14(17)11-13/h7-9,11,15,18H,5-6,10,12H2,1-4H3. The number of hydrogen-bond acceptors (Lipinski definition) is 2. The van der Waals surface area contributed by atoms with E-state index >= 15 is 0 Å². The Kier molecular flexibility index (Phi) is 7.05. The molecule has 1 aromatic carbocycles. The van der Waals surface area contributed by atoms with Crippen LogP contribution in [0.2, 0.25) is 0 Å². The molecule has 1 atom stereocenters. The normalized spacial score (nSPS) is 13.5. The van der Waals surface area contributed by atoms with Crippen molar-refractivity contribution < 1.29 is 4.74 Å². The number of ether oxygens (including phenoxy) is 1. The van der Waals surface area contributed by atoms with Gasteiger partial charge in [0.15, 0.2) is 0 Å². The summed E-state index contributed by atoms with van der Waals surface area (Å²) in [6.07, 6.45) is 2.39. The van der Waals surface area contributed by atoms with Crippen LogP contribution >= 0.6 is 15.9 Å². The van der Waals surface area contributed by atoms with E-state index < -0.39 is 0 Å². The minimum atomic E-state index is 0.110. The van der Waals surface area contributed by atoms with Crippen LogP contribution < -0.4 is 5.32 Å². The monoisotopic (exact) mass is 327 g/mol. The summed E-state index contributed by atoms with van der Waals surface area (Å²) in [6.45, 7) is 10.4. The maximum atomic E-state index is 6.04. The predicted octanol–water partition coefficient (Wildman–Crippen LogP) is 4.70. The first-order valence-corrected chi connectivity index (χ1v) is 7.84. The van der Waals surface area contributed by atoms with Crippen molar-refractivity contribution in [1.82, 2.24) is 5.32 Å². The fraction of sp³-hybridized carbons (Fsp3) is 0.625. The minimum Gasteiger partial charge on any atom is -0.372 e. The third-order valence-electron chi connectivity index (χ3n) is 2.86. The Morgan fingerprint density at radius 3 is 2.63 bits per heavy atom. The largest absolute Gasteiger partial charge is 0.372 e. The Bertz CT molecular complexity index is 373. The number of benzene rings is 1. The number of halogens is 1. The van der Waals surface area contributed by atoms with Crippen LogP contribution in [0.5, 0.6) is 0 Å². The molecule has 0 fully saturated rings. The molecule has 1 rings (SSSR count). The fourth-order valence-corrected chi connectivity index (χ4v) is 2.17. The van der Waals surface area contributed by atoms with E-state index in [2.05, 4.69) is 67.1 Å². The van der Waals surface area contributed by atoms with Crippen molar-refractivity contribution in [3.05, 3.63) is 34.3 Å². The lowest BCUT2D eigenvalue weighted by Gasteiger charge is -2.26. The van der Waals surface area contributed by atoms with E-state index in [1.54, 1.807) is 0 Å². The van der Waals surface area contributed by atoms with Crippen LogP contribution in [0.15, 0.2) is 28.7 Å². The summed E-state index contributed by atoms with van der Waals surface area (Å²) < 4.78 is 7.14. The van der Waals surface area contributed by atoms with Gasteiger partial charge in [0.25, 0.3) is 0 Å². The van der Waals surface area contributed by atoms with Crippen molar-refractivity contribution in [1.29, 1.82) is 0 Å². The summed E-state index contributed by atoms with van der Waals surface area (Å²) in [4.78, 5) is 0. The average molecular weight is 328 g/mol. The Labute approximate surface area is 126 Å². The van der Waals surface area contributed by atoms with Crippen molar-refractivity contribution in [2.75, 3.05) is 13.2 Å². The zero-order valence-electron chi connectivity index (χ0n) is 12.5. The molecule has 0 aliphatic carbocycles. The maximum Gasteiger partial charge on any atom is 0.0949 e. The topological polar surface area (TPSA) is 21.3 Å². The molecule has 0 heterocycles. The summed E-state index contributed by atoms with van der Waals surface area (Å²) in [5.41, 5.74) is 1.33. The lowest BCUT2D eigenvalue weighted by Crippen LogP contribution is -2.39. The van der Waals surface area contributed by atoms with Gasteiger partial charge in [0, 0.05) is 23.2 Å². The van der Waals surface area contributed by atoms with Gasteiger partial charge in [-0.3, -0.25) is 0 Å². The van der Waals surface area contributed by atoms with Crippen LogP contribution in [0.25, 0.3) is 0 Å². The molecule has 0 saturated heterocycles. The van der Waals surface area contributed by atoms with E-state index in [9.17, 15) is 0 Å². The highest BCUT2D eigenvalue weighted by atomic mass is 79.9. The highest BCUT2D eigenvalue weighted by molar-refractivity contribution is 9.10. The molecular formula is C16H26BrNO. The summed E-state index contributed by atoms with van der Waals surface area (Å²) in [7, 11) is 0. The molecule has 0 aliphatic rings. The van der Waals surface area contributed by atoms with Gasteiger partial charge in [-0.2, -0.15) is 0 Å². The van der Waals surface area contributed by atoms with E-state index in [0.717, 1.165) is 30.5 Å². The van der Waals surface area contributed by atoms with Crippen molar-refractivity contribution in [2.24, 2.45) is 0 Å². The molecule has 19 heavy (non-hydrogen) atoms. The molecule has 0 aliphatic heterocycles. The van der Waals surface area contributed by atoms with Gasteiger partial charge in [-0.15, -0.1) is 0 Å². The summed E-state index contributed by atoms with van der Waals surface area (Å²) >= 11 is 3.53. The number of unbranched alkanes of at least 4 members (excludes halogenated alkanes) is 1. The highest BCUT2D eigenvalue weighted by Gasteiger charge is 2.16. The Hall–Kier alpha value is -0.380. The molecule has 0 bridgehead atoms. The molecule has 108 valence electrons. The number of nitrogens with one attached hydrogen (secondary N) is 1. The van der Waals surface area contributed by atoms with Gasteiger partial charge >= 0.3 is 0 Å². The average Bonchev–Trinajstić information content (AvgIpc) is 2.32. The van der Waals surface area contributed by atoms with Crippen molar-refractivity contribution in [3.8, 4) is 0 Å². The van der Waals surface area contributed by atoms with Crippen molar-refractivity contribution >= 4 is 15.9 Å². The van der Waals surface area contributed by atoms with E-state index in [0.29, 0.717) is 0 Å². The van der Waals surface area contributed by atoms with Gasteiger partial charge in [0.1, 0.15) is 0 Å². The van der Waals surface area contributed by atoms with Gasteiger partial charge in [0.2, 0.25) is 0 Å². The van der Waals surface area contributed by atoms with Crippen LogP contribution in [0.1, 0.15) is 52.2 Å². The molecule has 1 N–H and O–H groups in total. The molecule has 0 aromatic heterocycles. The second-order valence-corrected chi connectivity index (χ2v) is 6.81. The molecule has 1 aromatic rings. The van der Waals surface area contributed by atoms with Crippen molar-refractivity contribution in [3.63, 3.8) is 0 Å². The molecule has 1 unspecified atom stereocenters.